The van der Waals surface area contributed by atoms with Gasteiger partial charge in [0.05, 0.1) is 10.7 Å². The third-order valence-corrected chi connectivity index (χ3v) is 3.01. The number of carbonyl (C=O) groups is 1. The van der Waals surface area contributed by atoms with Crippen LogP contribution in [0.15, 0.2) is 24.3 Å². The molecule has 7 heteroatoms. The molecule has 0 radical (unpaired) electrons. The Morgan fingerprint density at radius 2 is 2.24 bits per heavy atom. The van der Waals surface area contributed by atoms with Crippen molar-refractivity contribution in [2.24, 2.45) is 0 Å². The summed E-state index contributed by atoms with van der Waals surface area (Å²) in [5.41, 5.74) is 6.25. The maximum absolute atomic E-state index is 11.8. The van der Waals surface area contributed by atoms with E-state index in [-0.39, 0.29) is 17.4 Å². The predicted molar refractivity (Wildman–Crippen MR) is 75.1 cm³/mol. The van der Waals surface area contributed by atoms with E-state index in [2.05, 4.69) is 38.1 Å². The first kappa shape index (κ1) is 12.2. The van der Waals surface area contributed by atoms with Crippen LogP contribution >= 0.6 is 34.2 Å². The number of rotatable bonds is 2. The van der Waals surface area contributed by atoms with Crippen molar-refractivity contribution in [3.8, 4) is 0 Å². The fraction of sp³-hybridized carbons (Fsp3) is 0. The van der Waals surface area contributed by atoms with Crippen molar-refractivity contribution in [1.82, 2.24) is 10.2 Å². The van der Waals surface area contributed by atoms with Crippen molar-refractivity contribution in [1.29, 1.82) is 0 Å². The molecule has 4 N–H and O–H groups in total. The zero-order valence-electron chi connectivity index (χ0n) is 8.50. The molecule has 0 fully saturated rings. The van der Waals surface area contributed by atoms with Gasteiger partial charge in [0.2, 0.25) is 0 Å². The van der Waals surface area contributed by atoms with Crippen LogP contribution < -0.4 is 11.1 Å². The molecule has 1 heterocycles. The minimum atomic E-state index is -0.336. The van der Waals surface area contributed by atoms with Crippen molar-refractivity contribution in [2.75, 3.05) is 11.1 Å². The third-order valence-electron chi connectivity index (χ3n) is 2.02. The van der Waals surface area contributed by atoms with Crippen LogP contribution in [0.4, 0.5) is 11.5 Å². The van der Waals surface area contributed by atoms with E-state index < -0.39 is 0 Å². The molecule has 0 aliphatic carbocycles. The molecule has 0 aliphatic heterocycles. The Hall–Kier alpha value is -1.28. The molecule has 0 unspecified atom stereocenters. The van der Waals surface area contributed by atoms with Crippen LogP contribution in [0.3, 0.4) is 0 Å². The van der Waals surface area contributed by atoms with E-state index in [4.69, 9.17) is 17.3 Å². The number of nitrogens with zero attached hydrogens (tertiary/aromatic N) is 1. The number of nitrogens with one attached hydrogen (secondary N) is 2. The molecular weight excluding hydrogens is 354 g/mol. The van der Waals surface area contributed by atoms with Gasteiger partial charge in [0.1, 0.15) is 11.5 Å². The molecule has 0 spiro atoms. The van der Waals surface area contributed by atoms with Crippen molar-refractivity contribution >= 4 is 51.6 Å². The second-order valence-electron chi connectivity index (χ2n) is 3.28. The number of hydrogen-bond acceptors (Lipinski definition) is 3. The topological polar surface area (TPSA) is 83.8 Å². The normalized spacial score (nSPS) is 10.2. The fourth-order valence-electron chi connectivity index (χ4n) is 1.23. The maximum Gasteiger partial charge on any atom is 0.273 e. The Bertz CT molecular complexity index is 569. The van der Waals surface area contributed by atoms with E-state index in [1.807, 2.05) is 6.07 Å². The number of hydrogen-bond donors (Lipinski definition) is 3. The number of nitrogen functional groups attached to an aromatic ring is 1. The van der Waals surface area contributed by atoms with Gasteiger partial charge in [0, 0.05) is 9.64 Å². The van der Waals surface area contributed by atoms with E-state index in [9.17, 15) is 4.79 Å². The van der Waals surface area contributed by atoms with Gasteiger partial charge in [-0.25, -0.2) is 0 Å². The second kappa shape index (κ2) is 4.92. The van der Waals surface area contributed by atoms with Crippen molar-refractivity contribution in [2.45, 2.75) is 0 Å². The third kappa shape index (κ3) is 2.89. The molecule has 2 rings (SSSR count). The quantitative estimate of drug-likeness (QED) is 0.718. The van der Waals surface area contributed by atoms with Crippen LogP contribution in [0.25, 0.3) is 0 Å². The van der Waals surface area contributed by atoms with E-state index in [1.54, 1.807) is 12.1 Å². The van der Waals surface area contributed by atoms with Crippen molar-refractivity contribution in [3.05, 3.63) is 38.6 Å². The van der Waals surface area contributed by atoms with Gasteiger partial charge in [0.15, 0.2) is 0 Å². The Kier molecular flexibility index (Phi) is 3.53. The Labute approximate surface area is 116 Å². The molecule has 0 aliphatic rings. The summed E-state index contributed by atoms with van der Waals surface area (Å²) in [4.78, 5) is 11.8. The predicted octanol–water partition coefficient (Wildman–Crippen LogP) is 2.50. The number of carbonyl (C=O) groups excluding carboxylic acids is 1. The number of halogens is 2. The lowest BCUT2D eigenvalue weighted by Gasteiger charge is -2.05. The molecular formula is C10H8ClIN4O. The summed E-state index contributed by atoms with van der Waals surface area (Å²) in [6, 6.07) is 6.81. The molecule has 1 aromatic heterocycles. The number of anilines is 2. The monoisotopic (exact) mass is 362 g/mol. The Balaban J connectivity index is 2.18. The molecule has 1 aromatic carbocycles. The van der Waals surface area contributed by atoms with Crippen LogP contribution in [-0.2, 0) is 0 Å². The molecule has 5 nitrogen and oxygen atoms in total. The number of amides is 1. The van der Waals surface area contributed by atoms with Crippen molar-refractivity contribution in [3.63, 3.8) is 0 Å². The van der Waals surface area contributed by atoms with Crippen LogP contribution in [-0.4, -0.2) is 16.1 Å². The van der Waals surface area contributed by atoms with E-state index in [1.165, 1.54) is 6.07 Å². The molecule has 2 aromatic rings. The molecule has 0 atom stereocenters. The highest BCUT2D eigenvalue weighted by atomic mass is 127. The second-order valence-corrected chi connectivity index (χ2v) is 4.94. The molecule has 0 saturated heterocycles. The first-order valence-electron chi connectivity index (χ1n) is 4.63. The number of aromatic nitrogens is 2. The summed E-state index contributed by atoms with van der Waals surface area (Å²) in [5, 5.41) is 9.35. The summed E-state index contributed by atoms with van der Waals surface area (Å²) >= 11 is 8.14. The van der Waals surface area contributed by atoms with E-state index >= 15 is 0 Å². The maximum atomic E-state index is 11.8. The summed E-state index contributed by atoms with van der Waals surface area (Å²) in [6.45, 7) is 0. The van der Waals surface area contributed by atoms with Gasteiger partial charge in [-0.15, -0.1) is 0 Å². The highest BCUT2D eigenvalue weighted by Gasteiger charge is 2.10. The molecule has 0 bridgehead atoms. The number of H-pyrrole nitrogens is 1. The van der Waals surface area contributed by atoms with Gasteiger partial charge in [-0.1, -0.05) is 11.6 Å². The van der Waals surface area contributed by atoms with Crippen LogP contribution in [0.5, 0.6) is 0 Å². The molecule has 17 heavy (non-hydrogen) atoms. The summed E-state index contributed by atoms with van der Waals surface area (Å²) in [6.07, 6.45) is 0. The average Bonchev–Trinajstić information content (AvgIpc) is 2.69. The summed E-state index contributed by atoms with van der Waals surface area (Å²) in [7, 11) is 0. The zero-order chi connectivity index (χ0) is 12.4. The fourth-order valence-corrected chi connectivity index (χ4v) is 2.14. The SMILES string of the molecule is Nc1cc(C(=O)Nc2ccc(I)cc2Cl)[nH]n1. The lowest BCUT2D eigenvalue weighted by Crippen LogP contribution is -2.12. The van der Waals surface area contributed by atoms with E-state index in [0.29, 0.717) is 10.7 Å². The van der Waals surface area contributed by atoms with E-state index in [0.717, 1.165) is 3.57 Å². The first-order valence-corrected chi connectivity index (χ1v) is 6.09. The Morgan fingerprint density at radius 1 is 1.47 bits per heavy atom. The number of aromatic amines is 1. The van der Waals surface area contributed by atoms with Gasteiger partial charge in [-0.2, -0.15) is 5.10 Å². The zero-order valence-corrected chi connectivity index (χ0v) is 11.4. The van der Waals surface area contributed by atoms with Gasteiger partial charge in [0.25, 0.3) is 5.91 Å². The van der Waals surface area contributed by atoms with Crippen LogP contribution in [0, 0.1) is 3.57 Å². The average molecular weight is 363 g/mol. The minimum absolute atomic E-state index is 0.267. The first-order chi connectivity index (χ1) is 8.06. The number of nitrogens with two attached hydrogens (primary N) is 1. The standard InChI is InChI=1S/C10H8ClIN4O/c11-6-3-5(12)1-2-7(6)14-10(17)8-4-9(13)16-15-8/h1-4H,(H,14,17)(H3,13,15,16). The smallest absolute Gasteiger partial charge is 0.273 e. The molecule has 88 valence electrons. The highest BCUT2D eigenvalue weighted by Crippen LogP contribution is 2.24. The summed E-state index contributed by atoms with van der Waals surface area (Å²) < 4.78 is 0.997. The van der Waals surface area contributed by atoms with Crippen LogP contribution in [0.2, 0.25) is 5.02 Å². The lowest BCUT2D eigenvalue weighted by atomic mass is 10.3. The van der Waals surface area contributed by atoms with Gasteiger partial charge in [-0.05, 0) is 40.8 Å². The number of benzene rings is 1. The largest absolute Gasteiger partial charge is 0.382 e. The molecule has 1 amide bonds. The van der Waals surface area contributed by atoms with Crippen LogP contribution in [0.1, 0.15) is 10.5 Å². The van der Waals surface area contributed by atoms with Gasteiger partial charge in [-0.3, -0.25) is 9.89 Å². The molecule has 0 saturated carbocycles. The lowest BCUT2D eigenvalue weighted by molar-refractivity contribution is 0.102. The van der Waals surface area contributed by atoms with Gasteiger partial charge < -0.3 is 11.1 Å². The highest BCUT2D eigenvalue weighted by molar-refractivity contribution is 14.1. The Morgan fingerprint density at radius 3 is 2.82 bits per heavy atom. The minimum Gasteiger partial charge on any atom is -0.382 e. The van der Waals surface area contributed by atoms with Gasteiger partial charge >= 0.3 is 0 Å². The summed E-state index contributed by atoms with van der Waals surface area (Å²) in [5.74, 6) is -0.0684. The van der Waals surface area contributed by atoms with Crippen molar-refractivity contribution < 1.29 is 4.79 Å².